The Morgan fingerprint density at radius 1 is 1.09 bits per heavy atom. The molecule has 14 heteroatoms. The van der Waals surface area contributed by atoms with Gasteiger partial charge in [-0.25, -0.2) is 14.6 Å². The van der Waals surface area contributed by atoms with Crippen LogP contribution in [-0.4, -0.2) is 56.9 Å². The number of carbonyl (C=O) groups excluding carboxylic acids is 2. The number of rotatable bonds is 8. The van der Waals surface area contributed by atoms with Crippen molar-refractivity contribution in [3.63, 3.8) is 0 Å². The maximum atomic E-state index is 13.5. The molecule has 10 rings (SSSR count). The highest BCUT2D eigenvalue weighted by Crippen LogP contribution is 3.09. The first kappa shape index (κ1) is 24.6. The van der Waals surface area contributed by atoms with E-state index < -0.39 is 17.4 Å². The smallest absolute Gasteiger partial charge is 0.408 e. The average molecular weight is 583 g/mol. The largest absolute Gasteiger partial charge is 0.438 e. The van der Waals surface area contributed by atoms with E-state index in [0.29, 0.717) is 64.8 Å². The molecule has 0 saturated heterocycles. The van der Waals surface area contributed by atoms with E-state index in [9.17, 15) is 19.2 Å². The second-order valence-electron chi connectivity index (χ2n) is 12.5. The number of H-pyrrole nitrogens is 1. The summed E-state index contributed by atoms with van der Waals surface area (Å²) in [6, 6.07) is 5.20. The second-order valence-corrected chi connectivity index (χ2v) is 12.5. The van der Waals surface area contributed by atoms with Gasteiger partial charge >= 0.3 is 11.5 Å². The van der Waals surface area contributed by atoms with E-state index in [2.05, 4.69) is 25.8 Å². The molecule has 4 N–H and O–H groups in total. The molecule has 0 bridgehead atoms. The first-order valence-corrected chi connectivity index (χ1v) is 14.2. The number of fused-ring (bicyclic) bond motifs is 1. The summed E-state index contributed by atoms with van der Waals surface area (Å²) in [6.07, 6.45) is 3.94. The molecule has 0 unspecified atom stereocenters. The van der Waals surface area contributed by atoms with Crippen LogP contribution < -0.4 is 22.1 Å². The van der Waals surface area contributed by atoms with Crippen molar-refractivity contribution < 1.29 is 18.5 Å². The van der Waals surface area contributed by atoms with Crippen molar-refractivity contribution in [2.45, 2.75) is 12.0 Å². The molecule has 2 aromatic heterocycles. The first-order chi connectivity index (χ1) is 20.7. The van der Waals surface area contributed by atoms with Crippen LogP contribution in [0.25, 0.3) is 11.1 Å². The molecule has 0 radical (unpaired) electrons. The number of aromatic nitrogens is 3. The van der Waals surface area contributed by atoms with E-state index in [4.69, 9.17) is 14.3 Å². The Bertz CT molecular complexity index is 1990. The highest BCUT2D eigenvalue weighted by Gasteiger charge is 3.10. The van der Waals surface area contributed by atoms with Crippen LogP contribution in [0.1, 0.15) is 11.4 Å². The molecular formula is C29H26N8O6. The number of oxazole rings is 1. The lowest BCUT2D eigenvalue weighted by atomic mass is 8.92. The average Bonchev–Trinajstić information content (AvgIpc) is 3.57. The van der Waals surface area contributed by atoms with Crippen LogP contribution in [0.15, 0.2) is 65.4 Å². The number of amides is 2. The van der Waals surface area contributed by atoms with Crippen LogP contribution in [0.3, 0.4) is 0 Å². The normalized spacial score (nSPS) is 35.9. The van der Waals surface area contributed by atoms with Crippen molar-refractivity contribution in [2.24, 2.45) is 53.0 Å². The zero-order chi connectivity index (χ0) is 29.6. The first-order valence-electron chi connectivity index (χ1n) is 14.2. The maximum absolute atomic E-state index is 13.5. The molecule has 43 heavy (non-hydrogen) atoms. The van der Waals surface area contributed by atoms with Crippen LogP contribution >= 0.6 is 0 Å². The zero-order valence-electron chi connectivity index (χ0n) is 23.1. The second kappa shape index (κ2) is 7.68. The maximum Gasteiger partial charge on any atom is 0.438 e. The van der Waals surface area contributed by atoms with Crippen molar-refractivity contribution in [2.75, 3.05) is 13.6 Å². The number of aromatic amines is 1. The van der Waals surface area contributed by atoms with Gasteiger partial charge in [-0.05, 0) is 70.8 Å². The molecular weight excluding hydrogens is 556 g/mol. The molecule has 1 aliphatic heterocycles. The molecule has 3 heterocycles. The lowest BCUT2D eigenvalue weighted by Crippen LogP contribution is -3.12. The topological polar surface area (TPSA) is 192 Å². The van der Waals surface area contributed by atoms with Gasteiger partial charge in [-0.2, -0.15) is 0 Å². The molecule has 7 aliphatic rings. The molecule has 6 fully saturated rings. The van der Waals surface area contributed by atoms with Gasteiger partial charge in [0.15, 0.2) is 11.4 Å². The van der Waals surface area contributed by atoms with E-state index in [-0.39, 0.29) is 34.7 Å². The molecule has 6 saturated carbocycles. The van der Waals surface area contributed by atoms with E-state index in [0.717, 1.165) is 11.8 Å². The number of hydrogen-bond donors (Lipinski definition) is 4. The Hall–Kier alpha value is -5.01. The minimum atomic E-state index is -0.507. The van der Waals surface area contributed by atoms with Gasteiger partial charge < -0.3 is 25.4 Å². The molecule has 6 aliphatic carbocycles. The van der Waals surface area contributed by atoms with Crippen molar-refractivity contribution in [1.29, 1.82) is 5.41 Å². The molecule has 0 atom stereocenters. The highest BCUT2D eigenvalue weighted by molar-refractivity contribution is 6.44. The number of aliphatic imine (C=N–C) groups is 1. The number of carbonyl (C=O) groups is 2. The van der Waals surface area contributed by atoms with Gasteiger partial charge in [0.05, 0.1) is 5.52 Å². The SMILES string of the molecule is CN1C(C(=O)NCC23C4C5C2C2C3C4C52c2noc(=O)[nH]2)=CC(C(=O)NCc2ccc3oc(=O)n(C)c3c2)=N/C1=C/C=N. The van der Waals surface area contributed by atoms with Crippen LogP contribution in [0.4, 0.5) is 0 Å². The number of aryl methyl sites for hydroxylation is 1. The Morgan fingerprint density at radius 3 is 2.51 bits per heavy atom. The highest BCUT2D eigenvalue weighted by atomic mass is 16.5. The fraction of sp³-hybridized carbons (Fsp3) is 0.414. The fourth-order valence-electron chi connectivity index (χ4n) is 10.0. The molecule has 3 aromatic rings. The molecule has 2 amide bonds. The van der Waals surface area contributed by atoms with Crippen LogP contribution in [-0.2, 0) is 28.6 Å². The number of likely N-dealkylation sites (N-methyl/N-ethyl adjacent to an activating group) is 1. The van der Waals surface area contributed by atoms with E-state index >= 15 is 0 Å². The zero-order valence-corrected chi connectivity index (χ0v) is 23.1. The van der Waals surface area contributed by atoms with E-state index in [1.807, 2.05) is 0 Å². The van der Waals surface area contributed by atoms with Crippen molar-refractivity contribution in [1.82, 2.24) is 30.2 Å². The summed E-state index contributed by atoms with van der Waals surface area (Å²) < 4.78 is 11.3. The van der Waals surface area contributed by atoms with E-state index in [1.54, 1.807) is 37.2 Å². The van der Waals surface area contributed by atoms with Crippen LogP contribution in [0.2, 0.25) is 0 Å². The Kier molecular flexibility index (Phi) is 4.39. The molecule has 1 aromatic carbocycles. The third kappa shape index (κ3) is 2.56. The number of nitrogens with zero attached hydrogens (tertiary/aromatic N) is 4. The standard InChI is InChI=1S/C29H26N8O6/c1-36-14(24(39)32-10-28-17-20-18(28)22-19(28)21(17)29(20,22)25-34-26(40)43-35-25)8-12(33-16(36)5-6-30)23(38)31-9-11-3-4-15-13(7-11)37(2)27(41)42-15/h3-8,17-22,30H,9-10H2,1-2H3,(H,31,38)(H,32,39)(H,34,35,40)/b16-5-,30-6?. The van der Waals surface area contributed by atoms with Gasteiger partial charge in [-0.15, -0.1) is 0 Å². The summed E-state index contributed by atoms with van der Waals surface area (Å²) >= 11 is 0. The molecule has 14 nitrogen and oxygen atoms in total. The number of nitrogens with one attached hydrogen (secondary N) is 4. The summed E-state index contributed by atoms with van der Waals surface area (Å²) in [6.45, 7) is 0.731. The van der Waals surface area contributed by atoms with Gasteiger partial charge in [0.1, 0.15) is 17.2 Å². The Morgan fingerprint density at radius 2 is 1.84 bits per heavy atom. The third-order valence-electron chi connectivity index (χ3n) is 11.5. The van der Waals surface area contributed by atoms with Gasteiger partial charge in [0.25, 0.3) is 11.8 Å². The van der Waals surface area contributed by atoms with Crippen molar-refractivity contribution in [3.8, 4) is 0 Å². The Labute approximate surface area is 242 Å². The van der Waals surface area contributed by atoms with Gasteiger partial charge in [-0.3, -0.25) is 23.7 Å². The van der Waals surface area contributed by atoms with Crippen LogP contribution in [0, 0.1) is 46.3 Å². The number of benzene rings is 1. The summed E-state index contributed by atoms with van der Waals surface area (Å²) in [5.74, 6) is 2.35. The fourth-order valence-corrected chi connectivity index (χ4v) is 10.0. The van der Waals surface area contributed by atoms with Gasteiger partial charge in [-0.1, -0.05) is 11.2 Å². The predicted molar refractivity (Wildman–Crippen MR) is 149 cm³/mol. The lowest BCUT2D eigenvalue weighted by molar-refractivity contribution is -0.627. The summed E-state index contributed by atoms with van der Waals surface area (Å²) in [5.41, 5.74) is 2.26. The Balaban J connectivity index is 0.891. The van der Waals surface area contributed by atoms with Crippen molar-refractivity contribution in [3.05, 3.63) is 74.4 Å². The van der Waals surface area contributed by atoms with Crippen molar-refractivity contribution >= 4 is 34.8 Å². The predicted octanol–water partition coefficient (Wildman–Crippen LogP) is -0.00893. The van der Waals surface area contributed by atoms with E-state index in [1.165, 1.54) is 16.7 Å². The summed E-state index contributed by atoms with van der Waals surface area (Å²) in [7, 11) is 3.29. The van der Waals surface area contributed by atoms with Crippen LogP contribution in [0.5, 0.6) is 0 Å². The quantitative estimate of drug-likeness (QED) is 0.267. The van der Waals surface area contributed by atoms with Gasteiger partial charge in [0.2, 0.25) is 0 Å². The minimum Gasteiger partial charge on any atom is -0.408 e. The summed E-state index contributed by atoms with van der Waals surface area (Å²) in [4.78, 5) is 58.7. The molecule has 218 valence electrons. The molecule has 0 spiro atoms. The number of allylic oxidation sites excluding steroid dienone is 1. The monoisotopic (exact) mass is 582 g/mol. The third-order valence-corrected chi connectivity index (χ3v) is 11.5. The minimum absolute atomic E-state index is 0.00383. The van der Waals surface area contributed by atoms with Gasteiger partial charge in [0, 0.05) is 38.8 Å². The summed E-state index contributed by atoms with van der Waals surface area (Å²) in [5, 5.41) is 17.5. The lowest BCUT2D eigenvalue weighted by Gasteiger charge is -3.11. The number of hydrogen-bond acceptors (Lipinski definition) is 10.